The van der Waals surface area contributed by atoms with E-state index in [9.17, 15) is 8.78 Å². The lowest BCUT2D eigenvalue weighted by atomic mass is 10.1. The fraction of sp³-hybridized carbons (Fsp3) is 0.143. The summed E-state index contributed by atoms with van der Waals surface area (Å²) in [5.41, 5.74) is 6.36. The topological polar surface area (TPSA) is 35.2 Å². The molecular formula is C14H12BrF2NO. The van der Waals surface area contributed by atoms with E-state index in [0.29, 0.717) is 18.7 Å². The van der Waals surface area contributed by atoms with Crippen molar-refractivity contribution in [2.75, 3.05) is 6.54 Å². The molecule has 2 aromatic carbocycles. The Labute approximate surface area is 118 Å². The number of nitrogens with two attached hydrogens (primary N) is 1. The number of ether oxygens (including phenoxy) is 1. The smallest absolute Gasteiger partial charge is 0.201 e. The van der Waals surface area contributed by atoms with Gasteiger partial charge in [0, 0.05) is 4.47 Å². The van der Waals surface area contributed by atoms with E-state index in [1.54, 1.807) is 6.07 Å². The molecule has 0 aliphatic heterocycles. The van der Waals surface area contributed by atoms with Crippen molar-refractivity contribution in [2.45, 2.75) is 6.42 Å². The van der Waals surface area contributed by atoms with Gasteiger partial charge in [-0.3, -0.25) is 0 Å². The zero-order valence-electron chi connectivity index (χ0n) is 10.00. The van der Waals surface area contributed by atoms with Crippen LogP contribution in [0.2, 0.25) is 0 Å². The summed E-state index contributed by atoms with van der Waals surface area (Å²) >= 11 is 3.31. The van der Waals surface area contributed by atoms with E-state index in [1.807, 2.05) is 12.1 Å². The summed E-state index contributed by atoms with van der Waals surface area (Å²) in [5.74, 6) is -1.62. The Balaban J connectivity index is 2.36. The summed E-state index contributed by atoms with van der Waals surface area (Å²) in [4.78, 5) is 0. The minimum Gasteiger partial charge on any atom is -0.454 e. The third-order valence-electron chi connectivity index (χ3n) is 2.58. The van der Waals surface area contributed by atoms with Crippen molar-refractivity contribution in [3.05, 3.63) is 58.1 Å². The van der Waals surface area contributed by atoms with E-state index >= 15 is 0 Å². The zero-order chi connectivity index (χ0) is 13.8. The lowest BCUT2D eigenvalue weighted by Crippen LogP contribution is -2.04. The van der Waals surface area contributed by atoms with Crippen LogP contribution in [0, 0.1) is 11.6 Å². The van der Waals surface area contributed by atoms with Gasteiger partial charge in [-0.25, -0.2) is 4.39 Å². The van der Waals surface area contributed by atoms with Crippen molar-refractivity contribution in [3.8, 4) is 11.5 Å². The Morgan fingerprint density at radius 2 is 1.89 bits per heavy atom. The zero-order valence-corrected chi connectivity index (χ0v) is 11.6. The van der Waals surface area contributed by atoms with Crippen LogP contribution in [-0.2, 0) is 6.42 Å². The average Bonchev–Trinajstić information content (AvgIpc) is 2.38. The molecule has 0 aliphatic rings. The number of halogens is 3. The number of hydrogen-bond acceptors (Lipinski definition) is 2. The summed E-state index contributed by atoms with van der Waals surface area (Å²) in [5, 5.41) is 0. The summed E-state index contributed by atoms with van der Waals surface area (Å²) in [6.45, 7) is 0.448. The van der Waals surface area contributed by atoms with E-state index < -0.39 is 11.6 Å². The molecule has 2 nitrogen and oxygen atoms in total. The summed E-state index contributed by atoms with van der Waals surface area (Å²) < 4.78 is 32.9. The molecule has 5 heteroatoms. The maximum atomic E-state index is 13.6. The number of hydrogen-bond donors (Lipinski definition) is 1. The van der Waals surface area contributed by atoms with Gasteiger partial charge < -0.3 is 10.5 Å². The Hall–Kier alpha value is -1.46. The number of rotatable bonds is 4. The summed E-state index contributed by atoms with van der Waals surface area (Å²) in [6, 6.07) is 9.21. The van der Waals surface area contributed by atoms with Gasteiger partial charge in [0.25, 0.3) is 0 Å². The molecular weight excluding hydrogens is 316 g/mol. The highest BCUT2D eigenvalue weighted by Crippen LogP contribution is 2.31. The summed E-state index contributed by atoms with van der Waals surface area (Å²) in [7, 11) is 0. The predicted molar refractivity (Wildman–Crippen MR) is 73.3 cm³/mol. The second kappa shape index (κ2) is 6.12. The lowest BCUT2D eigenvalue weighted by Gasteiger charge is -2.12. The first-order valence-corrected chi connectivity index (χ1v) is 6.51. The van der Waals surface area contributed by atoms with Crippen molar-refractivity contribution in [2.24, 2.45) is 5.73 Å². The van der Waals surface area contributed by atoms with Gasteiger partial charge >= 0.3 is 0 Å². The molecule has 0 radical (unpaired) electrons. The van der Waals surface area contributed by atoms with Crippen LogP contribution in [0.3, 0.4) is 0 Å². The molecule has 0 amide bonds. The lowest BCUT2D eigenvalue weighted by molar-refractivity contribution is 0.413. The molecule has 19 heavy (non-hydrogen) atoms. The third-order valence-corrected chi connectivity index (χ3v) is 3.07. The Morgan fingerprint density at radius 1 is 1.11 bits per heavy atom. The molecule has 0 heterocycles. The van der Waals surface area contributed by atoms with E-state index in [1.165, 1.54) is 12.1 Å². The van der Waals surface area contributed by atoms with Gasteiger partial charge in [-0.15, -0.1) is 0 Å². The van der Waals surface area contributed by atoms with Crippen molar-refractivity contribution < 1.29 is 13.5 Å². The first kappa shape index (κ1) is 14.0. The Morgan fingerprint density at radius 3 is 2.63 bits per heavy atom. The van der Waals surface area contributed by atoms with Gasteiger partial charge in [0.1, 0.15) is 5.75 Å². The normalized spacial score (nSPS) is 10.5. The van der Waals surface area contributed by atoms with Crippen LogP contribution >= 0.6 is 15.9 Å². The standard InChI is InChI=1S/C14H12BrF2NO/c15-10-5-4-9(6-7-18)13(8-10)19-12-3-1-2-11(16)14(12)17/h1-5,8H,6-7,18H2. The Kier molecular flexibility index (Phi) is 4.50. The van der Waals surface area contributed by atoms with E-state index in [2.05, 4.69) is 15.9 Å². The minimum atomic E-state index is -0.999. The highest BCUT2D eigenvalue weighted by molar-refractivity contribution is 9.10. The van der Waals surface area contributed by atoms with E-state index in [4.69, 9.17) is 10.5 Å². The second-order valence-corrected chi connectivity index (χ2v) is 4.86. The van der Waals surface area contributed by atoms with Crippen LogP contribution in [-0.4, -0.2) is 6.54 Å². The first-order chi connectivity index (χ1) is 9.11. The third kappa shape index (κ3) is 3.30. The van der Waals surface area contributed by atoms with Crippen LogP contribution in [0.1, 0.15) is 5.56 Å². The maximum absolute atomic E-state index is 13.6. The van der Waals surface area contributed by atoms with Crippen molar-refractivity contribution in [1.82, 2.24) is 0 Å². The largest absolute Gasteiger partial charge is 0.454 e. The maximum Gasteiger partial charge on any atom is 0.201 e. The molecule has 2 aromatic rings. The van der Waals surface area contributed by atoms with E-state index in [0.717, 1.165) is 16.1 Å². The van der Waals surface area contributed by atoms with Crippen LogP contribution < -0.4 is 10.5 Å². The van der Waals surface area contributed by atoms with Gasteiger partial charge in [-0.2, -0.15) is 4.39 Å². The van der Waals surface area contributed by atoms with Gasteiger partial charge in [-0.1, -0.05) is 28.1 Å². The molecule has 0 saturated carbocycles. The Bertz CT molecular complexity index is 590. The van der Waals surface area contributed by atoms with Crippen LogP contribution in [0.5, 0.6) is 11.5 Å². The van der Waals surface area contributed by atoms with Crippen molar-refractivity contribution in [1.29, 1.82) is 0 Å². The molecule has 0 spiro atoms. The minimum absolute atomic E-state index is 0.142. The van der Waals surface area contributed by atoms with Gasteiger partial charge in [0.05, 0.1) is 0 Å². The first-order valence-electron chi connectivity index (χ1n) is 5.72. The monoisotopic (exact) mass is 327 g/mol. The molecule has 0 bridgehead atoms. The van der Waals surface area contributed by atoms with Gasteiger partial charge in [-0.05, 0) is 42.8 Å². The van der Waals surface area contributed by atoms with Gasteiger partial charge in [0.2, 0.25) is 5.82 Å². The van der Waals surface area contributed by atoms with Crippen LogP contribution in [0.25, 0.3) is 0 Å². The SMILES string of the molecule is NCCc1ccc(Br)cc1Oc1cccc(F)c1F. The molecule has 0 aromatic heterocycles. The molecule has 0 saturated heterocycles. The fourth-order valence-electron chi connectivity index (χ4n) is 1.67. The molecule has 2 rings (SSSR count). The molecule has 0 fully saturated rings. The molecule has 0 aliphatic carbocycles. The van der Waals surface area contributed by atoms with Crippen LogP contribution in [0.4, 0.5) is 8.78 Å². The van der Waals surface area contributed by atoms with E-state index in [-0.39, 0.29) is 5.75 Å². The quantitative estimate of drug-likeness (QED) is 0.920. The predicted octanol–water partition coefficient (Wildman–Crippen LogP) is 4.02. The van der Waals surface area contributed by atoms with Crippen molar-refractivity contribution >= 4 is 15.9 Å². The summed E-state index contributed by atoms with van der Waals surface area (Å²) in [6.07, 6.45) is 0.597. The van der Waals surface area contributed by atoms with Crippen LogP contribution in [0.15, 0.2) is 40.9 Å². The second-order valence-electron chi connectivity index (χ2n) is 3.94. The molecule has 2 N–H and O–H groups in total. The molecule has 0 atom stereocenters. The molecule has 100 valence electrons. The fourth-order valence-corrected chi connectivity index (χ4v) is 2.01. The molecule has 0 unspecified atom stereocenters. The number of benzene rings is 2. The van der Waals surface area contributed by atoms with Gasteiger partial charge in [0.15, 0.2) is 11.6 Å². The average molecular weight is 328 g/mol. The highest BCUT2D eigenvalue weighted by atomic mass is 79.9. The van der Waals surface area contributed by atoms with Crippen molar-refractivity contribution in [3.63, 3.8) is 0 Å². The highest BCUT2D eigenvalue weighted by Gasteiger charge is 2.12.